The van der Waals surface area contributed by atoms with Gasteiger partial charge in [0.25, 0.3) is 0 Å². The van der Waals surface area contributed by atoms with Crippen molar-refractivity contribution >= 4 is 21.7 Å². The topological polar surface area (TPSA) is 42.0 Å². The molecule has 6 heteroatoms. The Morgan fingerprint density at radius 2 is 1.57 bits per heavy atom. The summed E-state index contributed by atoms with van der Waals surface area (Å²) in [4.78, 5) is 17.7. The molecule has 0 radical (unpaired) electrons. The van der Waals surface area contributed by atoms with Crippen molar-refractivity contribution in [2.75, 3.05) is 59.2 Å². The Bertz CT molecular complexity index is 511. The molecule has 2 aliphatic rings. The minimum absolute atomic E-state index is 0.113. The van der Waals surface area contributed by atoms with E-state index in [2.05, 4.69) is 25.7 Å². The summed E-state index contributed by atoms with van der Waals surface area (Å²) in [6.45, 7) is 7.10. The van der Waals surface area contributed by atoms with E-state index in [1.807, 2.05) is 24.3 Å². The van der Waals surface area contributed by atoms with Crippen molar-refractivity contribution in [3.8, 4) is 0 Å². The minimum atomic E-state index is -0.113. The average molecular weight is 383 g/mol. The molecule has 5 nitrogen and oxygen atoms in total. The van der Waals surface area contributed by atoms with Gasteiger partial charge in [-0.15, -0.1) is 0 Å². The first-order chi connectivity index (χ1) is 11.2. The van der Waals surface area contributed by atoms with Gasteiger partial charge in [-0.1, -0.05) is 28.1 Å². The van der Waals surface area contributed by atoms with Crippen LogP contribution < -0.4 is 0 Å². The Balaban J connectivity index is 1.75. The molecule has 23 heavy (non-hydrogen) atoms. The maximum atomic E-state index is 13.1. The molecular formula is C17H23BrN2O3. The van der Waals surface area contributed by atoms with Crippen molar-refractivity contribution in [3.63, 3.8) is 0 Å². The Kier molecular flexibility index (Phi) is 6.19. The third-order valence-corrected chi connectivity index (χ3v) is 4.98. The number of hydrogen-bond acceptors (Lipinski definition) is 5. The monoisotopic (exact) mass is 382 g/mol. The first kappa shape index (κ1) is 17.0. The number of carbonyl (C=O) groups is 1. The highest BCUT2D eigenvalue weighted by Crippen LogP contribution is 2.16. The summed E-state index contributed by atoms with van der Waals surface area (Å²) in [5.74, 6) is 0.200. The van der Waals surface area contributed by atoms with Gasteiger partial charge in [0, 0.05) is 42.8 Å². The lowest BCUT2D eigenvalue weighted by atomic mass is 10.0. The molecule has 0 saturated carbocycles. The van der Waals surface area contributed by atoms with Crippen molar-refractivity contribution in [2.45, 2.75) is 6.04 Å². The van der Waals surface area contributed by atoms with E-state index in [0.717, 1.165) is 56.0 Å². The second kappa shape index (κ2) is 8.35. The molecule has 0 bridgehead atoms. The lowest BCUT2D eigenvalue weighted by Crippen LogP contribution is -2.54. The molecule has 2 fully saturated rings. The number of rotatable bonds is 5. The second-order valence-corrected chi connectivity index (χ2v) is 6.86. The summed E-state index contributed by atoms with van der Waals surface area (Å²) in [5, 5.41) is 0. The Morgan fingerprint density at radius 3 is 2.17 bits per heavy atom. The molecule has 2 aliphatic heterocycles. The fourth-order valence-electron chi connectivity index (χ4n) is 3.09. The number of nitrogens with zero attached hydrogens (tertiary/aromatic N) is 2. The normalized spacial score (nSPS) is 22.0. The number of halogens is 1. The highest BCUT2D eigenvalue weighted by molar-refractivity contribution is 9.10. The fourth-order valence-corrected chi connectivity index (χ4v) is 3.35. The summed E-state index contributed by atoms with van der Waals surface area (Å²) in [6, 6.07) is 7.55. The molecule has 0 amide bonds. The number of carbonyl (C=O) groups excluding carboxylic acids is 1. The van der Waals surface area contributed by atoms with Crippen LogP contribution in [0.3, 0.4) is 0 Å². The average Bonchev–Trinajstić information content (AvgIpc) is 2.61. The summed E-state index contributed by atoms with van der Waals surface area (Å²) < 4.78 is 11.9. The molecule has 1 unspecified atom stereocenters. The van der Waals surface area contributed by atoms with Gasteiger partial charge in [-0.3, -0.25) is 14.6 Å². The van der Waals surface area contributed by atoms with E-state index in [9.17, 15) is 4.79 Å². The van der Waals surface area contributed by atoms with E-state index in [0.29, 0.717) is 13.2 Å². The van der Waals surface area contributed by atoms with Gasteiger partial charge >= 0.3 is 0 Å². The first-order valence-corrected chi connectivity index (χ1v) is 8.95. The smallest absolute Gasteiger partial charge is 0.181 e. The predicted octanol–water partition coefficient (Wildman–Crippen LogP) is 1.66. The van der Waals surface area contributed by atoms with E-state index in [4.69, 9.17) is 9.47 Å². The van der Waals surface area contributed by atoms with E-state index in [1.165, 1.54) is 0 Å². The minimum Gasteiger partial charge on any atom is -0.379 e. The van der Waals surface area contributed by atoms with Gasteiger partial charge in [0.15, 0.2) is 5.78 Å². The highest BCUT2D eigenvalue weighted by Gasteiger charge is 2.30. The second-order valence-electron chi connectivity index (χ2n) is 5.95. The highest BCUT2D eigenvalue weighted by atomic mass is 79.9. The van der Waals surface area contributed by atoms with Gasteiger partial charge in [-0.2, -0.15) is 0 Å². The third kappa shape index (κ3) is 4.61. The van der Waals surface area contributed by atoms with Crippen LogP contribution in [0.15, 0.2) is 28.7 Å². The van der Waals surface area contributed by atoms with Crippen LogP contribution in [-0.4, -0.2) is 80.8 Å². The molecule has 1 aromatic rings. The Hall–Kier alpha value is -0.790. The Labute approximate surface area is 145 Å². The van der Waals surface area contributed by atoms with Gasteiger partial charge in [0.2, 0.25) is 0 Å². The van der Waals surface area contributed by atoms with Gasteiger partial charge in [0.1, 0.15) is 0 Å². The van der Waals surface area contributed by atoms with Crippen molar-refractivity contribution in [3.05, 3.63) is 34.3 Å². The lowest BCUT2D eigenvalue weighted by Gasteiger charge is -2.37. The molecule has 2 saturated heterocycles. The molecule has 2 heterocycles. The van der Waals surface area contributed by atoms with Gasteiger partial charge < -0.3 is 9.47 Å². The Morgan fingerprint density at radius 1 is 1.00 bits per heavy atom. The van der Waals surface area contributed by atoms with Crippen LogP contribution in [0.5, 0.6) is 0 Å². The number of hydrogen-bond donors (Lipinski definition) is 0. The van der Waals surface area contributed by atoms with E-state index in [1.54, 1.807) is 0 Å². The van der Waals surface area contributed by atoms with Crippen LogP contribution in [0.25, 0.3) is 0 Å². The van der Waals surface area contributed by atoms with Crippen LogP contribution in [0.1, 0.15) is 10.4 Å². The summed E-state index contributed by atoms with van der Waals surface area (Å²) >= 11 is 3.43. The van der Waals surface area contributed by atoms with Crippen LogP contribution in [-0.2, 0) is 9.47 Å². The number of ether oxygens (including phenoxy) is 2. The van der Waals surface area contributed by atoms with Crippen LogP contribution in [0.4, 0.5) is 0 Å². The van der Waals surface area contributed by atoms with Crippen molar-refractivity contribution in [2.24, 2.45) is 0 Å². The molecule has 0 spiro atoms. The van der Waals surface area contributed by atoms with Crippen molar-refractivity contribution in [1.82, 2.24) is 9.80 Å². The fraction of sp³-hybridized carbons (Fsp3) is 0.588. The molecule has 0 aliphatic carbocycles. The number of Topliss-reactive ketones (excluding diaryl/α,β-unsaturated/α-hetero) is 1. The maximum absolute atomic E-state index is 13.1. The predicted molar refractivity (Wildman–Crippen MR) is 91.9 cm³/mol. The zero-order chi connectivity index (χ0) is 16.1. The molecule has 126 valence electrons. The zero-order valence-corrected chi connectivity index (χ0v) is 14.8. The largest absolute Gasteiger partial charge is 0.379 e. The molecule has 1 atom stereocenters. The summed E-state index contributed by atoms with van der Waals surface area (Å²) in [7, 11) is 0. The van der Waals surface area contributed by atoms with E-state index in [-0.39, 0.29) is 11.8 Å². The molecule has 1 aromatic carbocycles. The molecule has 3 rings (SSSR count). The maximum Gasteiger partial charge on any atom is 0.181 e. The standard InChI is InChI=1S/C17H23BrN2O3/c18-15-3-1-14(2-4-15)17(21)16(20-7-11-23-12-8-20)13-19-5-9-22-10-6-19/h1-4,16H,5-13H2. The SMILES string of the molecule is O=C(c1ccc(Br)cc1)C(CN1CCOCC1)N1CCOCC1. The molecule has 0 aromatic heterocycles. The van der Waals surface area contributed by atoms with Crippen LogP contribution >= 0.6 is 15.9 Å². The lowest BCUT2D eigenvalue weighted by molar-refractivity contribution is -0.00543. The third-order valence-electron chi connectivity index (χ3n) is 4.45. The number of morpholine rings is 2. The molecular weight excluding hydrogens is 360 g/mol. The number of ketones is 1. The van der Waals surface area contributed by atoms with Gasteiger partial charge in [0.05, 0.1) is 32.5 Å². The summed E-state index contributed by atoms with van der Waals surface area (Å²) in [5.41, 5.74) is 0.776. The quantitative estimate of drug-likeness (QED) is 0.724. The van der Waals surface area contributed by atoms with Crippen molar-refractivity contribution in [1.29, 1.82) is 0 Å². The summed E-state index contributed by atoms with van der Waals surface area (Å²) in [6.07, 6.45) is 0. The number of benzene rings is 1. The first-order valence-electron chi connectivity index (χ1n) is 8.16. The van der Waals surface area contributed by atoms with Gasteiger partial charge in [-0.05, 0) is 12.1 Å². The van der Waals surface area contributed by atoms with E-state index >= 15 is 0 Å². The van der Waals surface area contributed by atoms with Crippen LogP contribution in [0.2, 0.25) is 0 Å². The van der Waals surface area contributed by atoms with Crippen LogP contribution in [0, 0.1) is 0 Å². The van der Waals surface area contributed by atoms with Crippen molar-refractivity contribution < 1.29 is 14.3 Å². The zero-order valence-electron chi connectivity index (χ0n) is 13.2. The van der Waals surface area contributed by atoms with Gasteiger partial charge in [-0.25, -0.2) is 0 Å². The molecule has 0 N–H and O–H groups in total. The van der Waals surface area contributed by atoms with E-state index < -0.39 is 0 Å².